The molecular formula is C21H28O2. The number of terminal acetylenes is 1. The Bertz CT molecular complexity index is 626. The van der Waals surface area contributed by atoms with Crippen LogP contribution in [0, 0.1) is 40.9 Å². The molecule has 0 aliphatic heterocycles. The number of fused-ring (bicyclic) bond motifs is 5. The molecule has 23 heavy (non-hydrogen) atoms. The Kier molecular flexibility index (Phi) is 3.18. The highest BCUT2D eigenvalue weighted by molar-refractivity contribution is 5.91. The van der Waals surface area contributed by atoms with E-state index in [4.69, 9.17) is 6.42 Å². The highest BCUT2D eigenvalue weighted by Crippen LogP contribution is 2.67. The molecular weight excluding hydrogens is 284 g/mol. The molecule has 2 heteroatoms. The summed E-state index contributed by atoms with van der Waals surface area (Å²) in [5.41, 5.74) is 0.575. The fraction of sp³-hybridized carbons (Fsp3) is 0.762. The van der Waals surface area contributed by atoms with Crippen LogP contribution in [-0.2, 0) is 4.79 Å². The van der Waals surface area contributed by atoms with Gasteiger partial charge in [-0.05, 0) is 74.2 Å². The second-order valence-corrected chi connectivity index (χ2v) is 8.97. The molecule has 3 saturated carbocycles. The molecule has 0 amide bonds. The molecule has 0 aromatic carbocycles. The van der Waals surface area contributed by atoms with Crippen LogP contribution in [0.2, 0.25) is 0 Å². The summed E-state index contributed by atoms with van der Waals surface area (Å²) in [7, 11) is 0. The molecule has 2 nitrogen and oxygen atoms in total. The molecule has 0 spiro atoms. The Morgan fingerprint density at radius 3 is 2.61 bits per heavy atom. The van der Waals surface area contributed by atoms with E-state index in [1.54, 1.807) is 0 Å². The number of aliphatic hydroxyl groups is 1. The Morgan fingerprint density at radius 1 is 1.13 bits per heavy atom. The van der Waals surface area contributed by atoms with E-state index in [9.17, 15) is 9.90 Å². The van der Waals surface area contributed by atoms with E-state index in [1.807, 2.05) is 6.08 Å². The van der Waals surface area contributed by atoms with Crippen molar-refractivity contribution < 1.29 is 9.90 Å². The van der Waals surface area contributed by atoms with Crippen LogP contribution in [0.5, 0.6) is 0 Å². The Hall–Kier alpha value is -1.07. The summed E-state index contributed by atoms with van der Waals surface area (Å²) in [5.74, 6) is 4.93. The van der Waals surface area contributed by atoms with Gasteiger partial charge >= 0.3 is 0 Å². The van der Waals surface area contributed by atoms with Gasteiger partial charge in [-0.3, -0.25) is 4.79 Å². The van der Waals surface area contributed by atoms with Crippen molar-refractivity contribution in [3.63, 3.8) is 0 Å². The quantitative estimate of drug-likeness (QED) is 0.689. The zero-order valence-corrected chi connectivity index (χ0v) is 14.4. The SMILES string of the molecule is C#CC1(O)CCC2[C@@H]3CCC4=CC(=O)CC[C@]4(C)C3CC[C@@]21C. The van der Waals surface area contributed by atoms with E-state index >= 15 is 0 Å². The van der Waals surface area contributed by atoms with Crippen molar-refractivity contribution in [2.24, 2.45) is 28.6 Å². The highest BCUT2D eigenvalue weighted by atomic mass is 16.3. The minimum Gasteiger partial charge on any atom is -0.377 e. The summed E-state index contributed by atoms with van der Waals surface area (Å²) in [6, 6.07) is 0. The minimum atomic E-state index is -0.914. The van der Waals surface area contributed by atoms with Crippen LogP contribution in [0.15, 0.2) is 11.6 Å². The predicted octanol–water partition coefficient (Wildman–Crippen LogP) is 3.88. The van der Waals surface area contributed by atoms with Crippen molar-refractivity contribution in [2.75, 3.05) is 0 Å². The molecule has 3 fully saturated rings. The topological polar surface area (TPSA) is 37.3 Å². The maximum absolute atomic E-state index is 11.8. The number of carbonyl (C=O) groups excluding carboxylic acids is 1. The van der Waals surface area contributed by atoms with E-state index in [1.165, 1.54) is 12.0 Å². The van der Waals surface area contributed by atoms with Gasteiger partial charge in [0.1, 0.15) is 5.60 Å². The summed E-state index contributed by atoms with van der Waals surface area (Å²) >= 11 is 0. The van der Waals surface area contributed by atoms with Gasteiger partial charge in [-0.2, -0.15) is 0 Å². The summed E-state index contributed by atoms with van der Waals surface area (Å²) in [4.78, 5) is 11.8. The second-order valence-electron chi connectivity index (χ2n) is 8.97. The van der Waals surface area contributed by atoms with Crippen LogP contribution in [-0.4, -0.2) is 16.5 Å². The van der Waals surface area contributed by atoms with Crippen molar-refractivity contribution in [3.8, 4) is 12.3 Å². The summed E-state index contributed by atoms with van der Waals surface area (Å²) in [6.07, 6.45) is 15.6. The monoisotopic (exact) mass is 312 g/mol. The number of hydrogen-bond donors (Lipinski definition) is 1. The minimum absolute atomic E-state index is 0.120. The molecule has 4 aliphatic rings. The van der Waals surface area contributed by atoms with Crippen LogP contribution in [0.1, 0.15) is 65.2 Å². The molecule has 124 valence electrons. The zero-order chi connectivity index (χ0) is 16.5. The van der Waals surface area contributed by atoms with Crippen LogP contribution in [0.25, 0.3) is 0 Å². The van der Waals surface area contributed by atoms with Crippen LogP contribution in [0.3, 0.4) is 0 Å². The molecule has 0 aromatic heterocycles. The summed E-state index contributed by atoms with van der Waals surface area (Å²) in [6.45, 7) is 4.63. The van der Waals surface area contributed by atoms with Crippen LogP contribution >= 0.6 is 0 Å². The molecule has 6 atom stereocenters. The van der Waals surface area contributed by atoms with Crippen molar-refractivity contribution in [1.82, 2.24) is 0 Å². The first-order valence-corrected chi connectivity index (χ1v) is 9.28. The Balaban J connectivity index is 1.70. The van der Waals surface area contributed by atoms with Crippen molar-refractivity contribution in [3.05, 3.63) is 11.6 Å². The van der Waals surface area contributed by atoms with E-state index in [-0.39, 0.29) is 10.8 Å². The third-order valence-corrected chi connectivity index (χ3v) is 8.35. The second kappa shape index (κ2) is 4.73. The molecule has 0 heterocycles. The Labute approximate surface area is 139 Å². The molecule has 4 aliphatic carbocycles. The number of carbonyl (C=O) groups is 1. The molecule has 4 rings (SSSR count). The number of rotatable bonds is 0. The lowest BCUT2D eigenvalue weighted by molar-refractivity contribution is -0.119. The lowest BCUT2D eigenvalue weighted by Gasteiger charge is -2.58. The fourth-order valence-corrected chi connectivity index (χ4v) is 6.81. The lowest BCUT2D eigenvalue weighted by atomic mass is 9.46. The van der Waals surface area contributed by atoms with Crippen LogP contribution < -0.4 is 0 Å². The largest absolute Gasteiger partial charge is 0.377 e. The third kappa shape index (κ3) is 1.84. The van der Waals surface area contributed by atoms with Crippen LogP contribution in [0.4, 0.5) is 0 Å². The van der Waals surface area contributed by atoms with Gasteiger partial charge in [0.05, 0.1) is 0 Å². The first-order chi connectivity index (χ1) is 10.8. The molecule has 0 bridgehead atoms. The average Bonchev–Trinajstić information content (AvgIpc) is 2.80. The van der Waals surface area contributed by atoms with Gasteiger partial charge in [-0.25, -0.2) is 0 Å². The van der Waals surface area contributed by atoms with E-state index in [0.29, 0.717) is 30.0 Å². The molecule has 1 N–H and O–H groups in total. The third-order valence-electron chi connectivity index (χ3n) is 8.35. The highest BCUT2D eigenvalue weighted by Gasteiger charge is 2.63. The van der Waals surface area contributed by atoms with Crippen molar-refractivity contribution >= 4 is 5.78 Å². The number of hydrogen-bond acceptors (Lipinski definition) is 2. The van der Waals surface area contributed by atoms with E-state index in [0.717, 1.165) is 38.5 Å². The van der Waals surface area contributed by atoms with Gasteiger partial charge in [0.25, 0.3) is 0 Å². The van der Waals surface area contributed by atoms with Gasteiger partial charge < -0.3 is 5.11 Å². The van der Waals surface area contributed by atoms with E-state index in [2.05, 4.69) is 19.8 Å². The van der Waals surface area contributed by atoms with Crippen molar-refractivity contribution in [1.29, 1.82) is 0 Å². The van der Waals surface area contributed by atoms with E-state index < -0.39 is 5.60 Å². The molecule has 3 unspecified atom stereocenters. The predicted molar refractivity (Wildman–Crippen MR) is 90.5 cm³/mol. The van der Waals surface area contributed by atoms with Gasteiger partial charge in [0.15, 0.2) is 5.78 Å². The molecule has 0 aromatic rings. The maximum atomic E-state index is 11.8. The average molecular weight is 312 g/mol. The van der Waals surface area contributed by atoms with Gasteiger partial charge in [-0.1, -0.05) is 25.3 Å². The maximum Gasteiger partial charge on any atom is 0.155 e. The standard InChI is InChI=1S/C21H28O2/c1-4-21(23)12-9-18-16-6-5-14-13-15(22)7-10-19(14,2)17(16)8-11-20(18,21)3/h1,13,16-18,23H,5-12H2,2-3H3/t16-,17?,18?,19+,20+,21?/m1/s1. The number of ketones is 1. The van der Waals surface area contributed by atoms with Gasteiger partial charge in [0.2, 0.25) is 0 Å². The first kappa shape index (κ1) is 15.5. The Morgan fingerprint density at radius 2 is 1.87 bits per heavy atom. The summed E-state index contributed by atoms with van der Waals surface area (Å²) < 4.78 is 0. The normalized spacial score (nSPS) is 52.0. The smallest absolute Gasteiger partial charge is 0.155 e. The van der Waals surface area contributed by atoms with Gasteiger partial charge in [-0.15, -0.1) is 6.42 Å². The zero-order valence-electron chi connectivity index (χ0n) is 14.4. The molecule has 0 radical (unpaired) electrons. The first-order valence-electron chi connectivity index (χ1n) is 9.28. The summed E-state index contributed by atoms with van der Waals surface area (Å²) in [5, 5.41) is 11.0. The van der Waals surface area contributed by atoms with Crippen molar-refractivity contribution in [2.45, 2.75) is 70.8 Å². The molecule has 0 saturated heterocycles. The van der Waals surface area contributed by atoms with Gasteiger partial charge in [0, 0.05) is 11.8 Å². The number of allylic oxidation sites excluding steroid dienone is 1. The lowest BCUT2D eigenvalue weighted by Crippen LogP contribution is -2.54. The fourth-order valence-electron chi connectivity index (χ4n) is 6.81.